The molecule has 1 rings (SSSR count). The van der Waals surface area contributed by atoms with Gasteiger partial charge in [-0.1, -0.05) is 23.7 Å². The van der Waals surface area contributed by atoms with Crippen molar-refractivity contribution < 1.29 is 9.53 Å². The highest BCUT2D eigenvalue weighted by atomic mass is 35.5. The lowest BCUT2D eigenvalue weighted by atomic mass is 10.2. The number of carbonyl (C=O) groups excluding carboxylic acids is 1. The lowest BCUT2D eigenvalue weighted by Gasteiger charge is -2.04. The van der Waals surface area contributed by atoms with Gasteiger partial charge in [-0.25, -0.2) is 0 Å². The van der Waals surface area contributed by atoms with Crippen molar-refractivity contribution in [3.05, 3.63) is 41.9 Å². The molecular formula is C12H13ClO2. The van der Waals surface area contributed by atoms with Crippen LogP contribution < -0.4 is 4.74 Å². The van der Waals surface area contributed by atoms with Crippen LogP contribution in [0.25, 0.3) is 0 Å². The van der Waals surface area contributed by atoms with Crippen LogP contribution in [0.2, 0.25) is 5.02 Å². The maximum absolute atomic E-state index is 11.3. The standard InChI is InChI=1S/C12H13ClO2/c1-2-3-6-11(14)9-15-12-7-4-5-10(13)8-12/h2,4-5,7-8H,1,3,6,9H2. The van der Waals surface area contributed by atoms with Gasteiger partial charge >= 0.3 is 0 Å². The van der Waals surface area contributed by atoms with Crippen LogP contribution in [-0.4, -0.2) is 12.4 Å². The summed E-state index contributed by atoms with van der Waals surface area (Å²) in [5, 5.41) is 0.603. The van der Waals surface area contributed by atoms with Gasteiger partial charge in [-0.05, 0) is 24.6 Å². The van der Waals surface area contributed by atoms with E-state index in [2.05, 4.69) is 6.58 Å². The molecule has 2 nitrogen and oxygen atoms in total. The van der Waals surface area contributed by atoms with Gasteiger partial charge in [-0.3, -0.25) is 4.79 Å². The Hall–Kier alpha value is -1.28. The molecule has 0 bridgehead atoms. The number of rotatable bonds is 6. The third kappa shape index (κ3) is 4.66. The number of halogens is 1. The molecule has 0 saturated carbocycles. The fraction of sp³-hybridized carbons (Fsp3) is 0.250. The summed E-state index contributed by atoms with van der Waals surface area (Å²) in [6.45, 7) is 3.64. The van der Waals surface area contributed by atoms with Crippen LogP contribution in [0.3, 0.4) is 0 Å². The maximum atomic E-state index is 11.3. The van der Waals surface area contributed by atoms with E-state index in [9.17, 15) is 4.79 Å². The molecule has 1 aromatic rings. The van der Waals surface area contributed by atoms with Gasteiger partial charge in [-0.2, -0.15) is 0 Å². The first-order valence-corrected chi connectivity index (χ1v) is 5.11. The normalized spacial score (nSPS) is 9.67. The number of allylic oxidation sites excluding steroid dienone is 1. The summed E-state index contributed by atoms with van der Waals surface area (Å²) in [5.41, 5.74) is 0. The number of benzene rings is 1. The summed E-state index contributed by atoms with van der Waals surface area (Å²) in [6.07, 6.45) is 2.89. The first-order chi connectivity index (χ1) is 7.22. The van der Waals surface area contributed by atoms with E-state index in [0.717, 1.165) is 0 Å². The molecule has 15 heavy (non-hydrogen) atoms. The lowest BCUT2D eigenvalue weighted by molar-refractivity contribution is -0.120. The molecule has 0 unspecified atom stereocenters. The molecule has 1 aromatic carbocycles. The topological polar surface area (TPSA) is 26.3 Å². The van der Waals surface area contributed by atoms with Crippen molar-refractivity contribution >= 4 is 17.4 Å². The summed E-state index contributed by atoms with van der Waals surface area (Å²) in [4.78, 5) is 11.3. The molecule has 0 saturated heterocycles. The third-order valence-corrected chi connectivity index (χ3v) is 2.06. The van der Waals surface area contributed by atoms with E-state index in [1.54, 1.807) is 30.3 Å². The molecule has 0 aromatic heterocycles. The summed E-state index contributed by atoms with van der Waals surface area (Å²) in [5.74, 6) is 0.685. The van der Waals surface area contributed by atoms with E-state index in [1.807, 2.05) is 0 Å². The van der Waals surface area contributed by atoms with Gasteiger partial charge in [0.2, 0.25) is 0 Å². The predicted octanol–water partition coefficient (Wildman–Crippen LogP) is 3.25. The maximum Gasteiger partial charge on any atom is 0.170 e. The number of Topliss-reactive ketones (excluding diaryl/α,β-unsaturated/α-hetero) is 1. The first kappa shape index (κ1) is 11.8. The minimum Gasteiger partial charge on any atom is -0.486 e. The summed E-state index contributed by atoms with van der Waals surface area (Å²) < 4.78 is 5.28. The molecule has 0 aliphatic heterocycles. The zero-order chi connectivity index (χ0) is 11.1. The Kier molecular flexibility index (Phi) is 4.91. The quantitative estimate of drug-likeness (QED) is 0.694. The monoisotopic (exact) mass is 224 g/mol. The Morgan fingerprint density at radius 3 is 3.00 bits per heavy atom. The highest BCUT2D eigenvalue weighted by Crippen LogP contribution is 2.16. The van der Waals surface area contributed by atoms with E-state index < -0.39 is 0 Å². The minimum absolute atomic E-state index is 0.0647. The van der Waals surface area contributed by atoms with Gasteiger partial charge in [0, 0.05) is 11.4 Å². The van der Waals surface area contributed by atoms with Crippen LogP contribution in [-0.2, 0) is 4.79 Å². The molecule has 0 fully saturated rings. The van der Waals surface area contributed by atoms with Crippen LogP contribution in [0.5, 0.6) is 5.75 Å². The highest BCUT2D eigenvalue weighted by molar-refractivity contribution is 6.30. The molecule has 0 atom stereocenters. The molecule has 0 radical (unpaired) electrons. The zero-order valence-electron chi connectivity index (χ0n) is 8.41. The fourth-order valence-corrected chi connectivity index (χ4v) is 1.24. The largest absolute Gasteiger partial charge is 0.486 e. The highest BCUT2D eigenvalue weighted by Gasteiger charge is 2.02. The Balaban J connectivity index is 2.36. The van der Waals surface area contributed by atoms with Crippen molar-refractivity contribution in [2.45, 2.75) is 12.8 Å². The summed E-state index contributed by atoms with van der Waals surface area (Å²) >= 11 is 5.77. The number of ether oxygens (including phenoxy) is 1. The molecule has 0 aliphatic carbocycles. The average molecular weight is 225 g/mol. The van der Waals surface area contributed by atoms with E-state index in [4.69, 9.17) is 16.3 Å². The van der Waals surface area contributed by atoms with Gasteiger partial charge in [-0.15, -0.1) is 6.58 Å². The number of ketones is 1. The second-order valence-electron chi connectivity index (χ2n) is 3.11. The van der Waals surface area contributed by atoms with Crippen LogP contribution in [0, 0.1) is 0 Å². The van der Waals surface area contributed by atoms with Crippen LogP contribution in [0.4, 0.5) is 0 Å². The molecule has 0 N–H and O–H groups in total. The van der Waals surface area contributed by atoms with E-state index >= 15 is 0 Å². The van der Waals surface area contributed by atoms with Crippen LogP contribution in [0.1, 0.15) is 12.8 Å². The van der Waals surface area contributed by atoms with Crippen molar-refractivity contribution in [1.82, 2.24) is 0 Å². The van der Waals surface area contributed by atoms with Gasteiger partial charge in [0.15, 0.2) is 5.78 Å². The fourth-order valence-electron chi connectivity index (χ4n) is 1.06. The Bertz CT molecular complexity index is 347. The number of hydrogen-bond donors (Lipinski definition) is 0. The molecule has 0 aliphatic rings. The summed E-state index contributed by atoms with van der Waals surface area (Å²) in [7, 11) is 0. The SMILES string of the molecule is C=CCCC(=O)COc1cccc(Cl)c1. The minimum atomic E-state index is 0.0647. The van der Waals surface area contributed by atoms with Gasteiger partial charge in [0.1, 0.15) is 12.4 Å². The lowest BCUT2D eigenvalue weighted by Crippen LogP contribution is -2.10. The van der Waals surface area contributed by atoms with Crippen molar-refractivity contribution in [1.29, 1.82) is 0 Å². The van der Waals surface area contributed by atoms with Gasteiger partial charge < -0.3 is 4.74 Å². The van der Waals surface area contributed by atoms with E-state index in [1.165, 1.54) is 0 Å². The Morgan fingerprint density at radius 2 is 2.33 bits per heavy atom. The van der Waals surface area contributed by atoms with Crippen LogP contribution >= 0.6 is 11.6 Å². The average Bonchev–Trinajstić information content (AvgIpc) is 2.23. The van der Waals surface area contributed by atoms with Crippen molar-refractivity contribution in [3.8, 4) is 5.75 Å². The summed E-state index contributed by atoms with van der Waals surface area (Å²) in [6, 6.07) is 6.99. The van der Waals surface area contributed by atoms with E-state index in [-0.39, 0.29) is 12.4 Å². The Morgan fingerprint density at radius 1 is 1.53 bits per heavy atom. The third-order valence-electron chi connectivity index (χ3n) is 1.82. The molecular weight excluding hydrogens is 212 g/mol. The smallest absolute Gasteiger partial charge is 0.170 e. The molecule has 0 heterocycles. The molecule has 3 heteroatoms. The number of carbonyl (C=O) groups is 1. The van der Waals surface area contributed by atoms with E-state index in [0.29, 0.717) is 23.6 Å². The molecule has 80 valence electrons. The molecule has 0 spiro atoms. The van der Waals surface area contributed by atoms with Crippen molar-refractivity contribution in [3.63, 3.8) is 0 Å². The predicted molar refractivity (Wildman–Crippen MR) is 61.4 cm³/mol. The van der Waals surface area contributed by atoms with Crippen molar-refractivity contribution in [2.75, 3.05) is 6.61 Å². The molecule has 0 amide bonds. The second-order valence-corrected chi connectivity index (χ2v) is 3.55. The van der Waals surface area contributed by atoms with Gasteiger partial charge in [0.05, 0.1) is 0 Å². The van der Waals surface area contributed by atoms with Crippen LogP contribution in [0.15, 0.2) is 36.9 Å². The first-order valence-electron chi connectivity index (χ1n) is 4.73. The zero-order valence-corrected chi connectivity index (χ0v) is 9.17. The number of hydrogen-bond acceptors (Lipinski definition) is 2. The van der Waals surface area contributed by atoms with Crippen molar-refractivity contribution in [2.24, 2.45) is 0 Å². The Labute approximate surface area is 94.5 Å². The second kappa shape index (κ2) is 6.25. The van der Waals surface area contributed by atoms with Gasteiger partial charge in [0.25, 0.3) is 0 Å².